The van der Waals surface area contributed by atoms with Crippen molar-refractivity contribution in [1.82, 2.24) is 0 Å². The quantitative estimate of drug-likeness (QED) is 0.438. The molecule has 0 amide bonds. The fourth-order valence-electron chi connectivity index (χ4n) is 2.20. The zero-order chi connectivity index (χ0) is 17.8. The van der Waals surface area contributed by atoms with Gasteiger partial charge in [-0.15, -0.1) is 0 Å². The zero-order valence-corrected chi connectivity index (χ0v) is 19.3. The monoisotopic (exact) mass is 364 g/mol. The van der Waals surface area contributed by atoms with Gasteiger partial charge >= 0.3 is 14.5 Å². The lowest BCUT2D eigenvalue weighted by Crippen LogP contribution is -2.51. The molecular weight excluding hydrogens is 328 g/mol. The van der Waals surface area contributed by atoms with Gasteiger partial charge in [0, 0.05) is 0 Å². The van der Waals surface area contributed by atoms with Gasteiger partial charge in [-0.3, -0.25) is 4.79 Å². The normalized spacial score (nSPS) is 14.1. The first kappa shape index (κ1) is 22.0. The molecule has 0 aromatic carbocycles. The first-order valence-corrected chi connectivity index (χ1v) is 17.5. The Bertz CT molecular complexity index is 373. The third kappa shape index (κ3) is 9.24. The average molecular weight is 365 g/mol. The second kappa shape index (κ2) is 7.74. The molecule has 0 bridgehead atoms. The molecule has 0 saturated carbocycles. The third-order valence-corrected chi connectivity index (χ3v) is 13.4. The fourth-order valence-corrected chi connectivity index (χ4v) is 15.0. The van der Waals surface area contributed by atoms with Crippen molar-refractivity contribution in [3.63, 3.8) is 0 Å². The van der Waals surface area contributed by atoms with Crippen LogP contribution in [0.1, 0.15) is 27.2 Å². The van der Waals surface area contributed by atoms with Crippen LogP contribution in [0.15, 0.2) is 0 Å². The molecule has 0 unspecified atom stereocenters. The molecule has 7 heteroatoms. The van der Waals surface area contributed by atoms with Crippen molar-refractivity contribution >= 4 is 31.2 Å². The van der Waals surface area contributed by atoms with Crippen LogP contribution in [0.25, 0.3) is 0 Å². The minimum absolute atomic E-state index is 0.116. The van der Waals surface area contributed by atoms with Gasteiger partial charge in [-0.05, 0) is 72.1 Å². The van der Waals surface area contributed by atoms with E-state index in [0.29, 0.717) is 6.61 Å². The number of hydrogen-bond donors (Lipinski definition) is 0. The number of hydrogen-bond acceptors (Lipinski definition) is 4. The van der Waals surface area contributed by atoms with Crippen molar-refractivity contribution in [2.75, 3.05) is 6.61 Å². The summed E-state index contributed by atoms with van der Waals surface area (Å²) in [4.78, 5) is 12.0. The molecule has 0 heterocycles. The van der Waals surface area contributed by atoms with Crippen LogP contribution in [-0.2, 0) is 17.8 Å². The summed E-state index contributed by atoms with van der Waals surface area (Å²) in [5.74, 6) is -0.116. The molecular formula is C15H36O4Si3. The maximum absolute atomic E-state index is 12.0. The average Bonchev–Trinajstić information content (AvgIpc) is 2.23. The summed E-state index contributed by atoms with van der Waals surface area (Å²) < 4.78 is 18.1. The highest BCUT2D eigenvalue weighted by molar-refractivity contribution is 6.87. The van der Waals surface area contributed by atoms with Crippen LogP contribution in [-0.4, -0.2) is 37.8 Å². The predicted molar refractivity (Wildman–Crippen MR) is 100 cm³/mol. The van der Waals surface area contributed by atoms with Crippen molar-refractivity contribution in [2.45, 2.75) is 79.1 Å². The fraction of sp³-hybridized carbons (Fsp3) is 0.933. The smallest absolute Gasteiger partial charge is 0.311 e. The number of rotatable bonds is 9. The highest BCUT2D eigenvalue weighted by Gasteiger charge is 2.38. The number of ether oxygens (including phenoxy) is 1. The first-order chi connectivity index (χ1) is 9.60. The van der Waals surface area contributed by atoms with E-state index in [9.17, 15) is 4.79 Å². The van der Waals surface area contributed by atoms with Crippen LogP contribution >= 0.6 is 0 Å². The molecule has 0 atom stereocenters. The van der Waals surface area contributed by atoms with E-state index in [1.54, 1.807) is 0 Å². The Morgan fingerprint density at radius 1 is 0.955 bits per heavy atom. The summed E-state index contributed by atoms with van der Waals surface area (Å²) in [5, 5.41) is 0. The van der Waals surface area contributed by atoms with Crippen LogP contribution < -0.4 is 0 Å². The Labute approximate surface area is 140 Å². The van der Waals surface area contributed by atoms with Crippen molar-refractivity contribution in [3.8, 4) is 0 Å². The molecule has 0 aromatic heterocycles. The Hall–Kier alpha value is 0.0406. The van der Waals surface area contributed by atoms with E-state index in [1.807, 2.05) is 20.8 Å². The van der Waals surface area contributed by atoms with Gasteiger partial charge in [0.05, 0.1) is 12.0 Å². The van der Waals surface area contributed by atoms with Gasteiger partial charge in [-0.2, -0.15) is 0 Å². The lowest BCUT2D eigenvalue weighted by Gasteiger charge is -2.37. The van der Waals surface area contributed by atoms with Crippen LogP contribution in [0.2, 0.25) is 51.9 Å². The highest BCUT2D eigenvalue weighted by Crippen LogP contribution is 2.24. The summed E-state index contributed by atoms with van der Waals surface area (Å²) in [6.45, 7) is 21.4. The van der Waals surface area contributed by atoms with Gasteiger partial charge in [0.15, 0.2) is 16.6 Å². The van der Waals surface area contributed by atoms with Crippen molar-refractivity contribution in [1.29, 1.82) is 0 Å². The lowest BCUT2D eigenvalue weighted by atomic mass is 9.91. The van der Waals surface area contributed by atoms with Crippen LogP contribution in [0, 0.1) is 5.41 Å². The Morgan fingerprint density at radius 2 is 1.45 bits per heavy atom. The molecule has 0 fully saturated rings. The zero-order valence-electron chi connectivity index (χ0n) is 16.3. The SMILES string of the molecule is CCC(C)(C)C(=O)OCC[Si](C)(C)O[Si](C)(C)O[Si](C)(C)C. The van der Waals surface area contributed by atoms with E-state index in [-0.39, 0.29) is 5.97 Å². The van der Waals surface area contributed by atoms with E-state index in [4.69, 9.17) is 13.0 Å². The molecule has 0 saturated heterocycles. The molecule has 0 rings (SSSR count). The second-order valence-electron chi connectivity index (χ2n) is 8.60. The molecule has 4 nitrogen and oxygen atoms in total. The standard InChI is InChI=1S/C15H36O4Si3/c1-11-15(2,3)14(16)17-12-13-21(7,8)19-22(9,10)18-20(4,5)6/h11-13H2,1-10H3. The van der Waals surface area contributed by atoms with Gasteiger partial charge in [-0.1, -0.05) is 6.92 Å². The Balaban J connectivity index is 4.45. The van der Waals surface area contributed by atoms with Crippen LogP contribution in [0.5, 0.6) is 0 Å². The van der Waals surface area contributed by atoms with E-state index in [0.717, 1.165) is 12.5 Å². The van der Waals surface area contributed by atoms with E-state index in [2.05, 4.69) is 45.8 Å². The summed E-state index contributed by atoms with van der Waals surface area (Å²) >= 11 is 0. The number of esters is 1. The van der Waals surface area contributed by atoms with Gasteiger partial charge < -0.3 is 13.0 Å². The first-order valence-electron chi connectivity index (χ1n) is 8.18. The van der Waals surface area contributed by atoms with Crippen molar-refractivity contribution in [3.05, 3.63) is 0 Å². The lowest BCUT2D eigenvalue weighted by molar-refractivity contribution is -0.153. The second-order valence-corrected chi connectivity index (χ2v) is 21.3. The van der Waals surface area contributed by atoms with Crippen LogP contribution in [0.3, 0.4) is 0 Å². The Kier molecular flexibility index (Phi) is 7.76. The summed E-state index contributed by atoms with van der Waals surface area (Å²) in [6, 6.07) is 0.810. The molecule has 0 aliphatic heterocycles. The molecule has 0 aliphatic rings. The van der Waals surface area contributed by atoms with Crippen molar-refractivity contribution in [2.24, 2.45) is 5.41 Å². The maximum atomic E-state index is 12.0. The van der Waals surface area contributed by atoms with Gasteiger partial charge in [0.1, 0.15) is 0 Å². The molecule has 0 aromatic rings. The third-order valence-electron chi connectivity index (χ3n) is 3.45. The van der Waals surface area contributed by atoms with Crippen LogP contribution in [0.4, 0.5) is 0 Å². The molecule has 22 heavy (non-hydrogen) atoms. The summed E-state index contributed by atoms with van der Waals surface area (Å²) in [5.41, 5.74) is -0.401. The molecule has 0 aliphatic carbocycles. The Morgan fingerprint density at radius 3 is 1.86 bits per heavy atom. The van der Waals surface area contributed by atoms with E-state index >= 15 is 0 Å². The number of carbonyl (C=O) groups excluding carboxylic acids is 1. The van der Waals surface area contributed by atoms with Crippen molar-refractivity contribution < 1.29 is 17.8 Å². The van der Waals surface area contributed by atoms with E-state index < -0.39 is 30.6 Å². The largest absolute Gasteiger partial charge is 0.465 e. The number of carbonyl (C=O) groups is 1. The molecule has 0 radical (unpaired) electrons. The van der Waals surface area contributed by atoms with Gasteiger partial charge in [0.2, 0.25) is 0 Å². The van der Waals surface area contributed by atoms with Gasteiger partial charge in [0.25, 0.3) is 0 Å². The topological polar surface area (TPSA) is 44.8 Å². The maximum Gasteiger partial charge on any atom is 0.311 e. The minimum Gasteiger partial charge on any atom is -0.465 e. The molecule has 132 valence electrons. The molecule has 0 spiro atoms. The summed E-state index contributed by atoms with van der Waals surface area (Å²) in [6.07, 6.45) is 0.785. The summed E-state index contributed by atoms with van der Waals surface area (Å²) in [7, 11) is -5.60. The predicted octanol–water partition coefficient (Wildman–Crippen LogP) is 4.74. The molecule has 0 N–H and O–H groups in total. The minimum atomic E-state index is -2.11. The van der Waals surface area contributed by atoms with Gasteiger partial charge in [-0.25, -0.2) is 0 Å². The van der Waals surface area contributed by atoms with E-state index in [1.165, 1.54) is 0 Å². The highest BCUT2D eigenvalue weighted by atomic mass is 28.5.